The number of rotatable bonds is 2. The number of nitrogens with zero attached hydrogens (tertiary/aromatic N) is 2. The van der Waals surface area contributed by atoms with Crippen LogP contribution < -0.4 is 9.64 Å². The predicted octanol–water partition coefficient (Wildman–Crippen LogP) is 4.63. The summed E-state index contributed by atoms with van der Waals surface area (Å²) in [6.45, 7) is 0.436. The molecule has 1 aliphatic rings. The number of aromatic nitrogens is 1. The van der Waals surface area contributed by atoms with Gasteiger partial charge in [-0.3, -0.25) is 4.79 Å². The van der Waals surface area contributed by atoms with Gasteiger partial charge in [-0.05, 0) is 54.8 Å². The zero-order valence-corrected chi connectivity index (χ0v) is 14.9. The highest BCUT2D eigenvalue weighted by Gasteiger charge is 2.28. The van der Waals surface area contributed by atoms with Crippen molar-refractivity contribution in [2.24, 2.45) is 0 Å². The Morgan fingerprint density at radius 2 is 2.08 bits per heavy atom. The second-order valence-electron chi connectivity index (χ2n) is 6.17. The van der Waals surface area contributed by atoms with Crippen molar-refractivity contribution >= 4 is 34.1 Å². The summed E-state index contributed by atoms with van der Waals surface area (Å²) in [5, 5.41) is 1.35. The topological polar surface area (TPSA) is 42.4 Å². The lowest BCUT2D eigenvalue weighted by Gasteiger charge is -2.30. The molecule has 6 heteroatoms. The Morgan fingerprint density at radius 1 is 1.23 bits per heavy atom. The van der Waals surface area contributed by atoms with E-state index in [1.165, 1.54) is 17.0 Å². The van der Waals surface area contributed by atoms with Crippen molar-refractivity contribution in [3.05, 3.63) is 64.6 Å². The minimum absolute atomic E-state index is 0.269. The third-order valence-corrected chi connectivity index (χ3v) is 4.97. The summed E-state index contributed by atoms with van der Waals surface area (Å²) in [5.41, 5.74) is 1.90. The molecule has 0 fully saturated rings. The van der Waals surface area contributed by atoms with Crippen molar-refractivity contribution in [3.63, 3.8) is 0 Å². The predicted molar refractivity (Wildman–Crippen MR) is 99.7 cm³/mol. The van der Waals surface area contributed by atoms with Crippen LogP contribution in [0.15, 0.2) is 42.5 Å². The smallest absolute Gasteiger partial charge is 0.276 e. The van der Waals surface area contributed by atoms with Crippen LogP contribution >= 0.6 is 11.6 Å². The molecule has 0 spiro atoms. The molecule has 0 unspecified atom stereocenters. The number of methoxy groups -OCH3 is 1. The molecule has 4 nitrogen and oxygen atoms in total. The quantitative estimate of drug-likeness (QED) is 0.660. The number of benzene rings is 2. The van der Waals surface area contributed by atoms with Gasteiger partial charge in [0.2, 0.25) is 0 Å². The van der Waals surface area contributed by atoms with Gasteiger partial charge in [-0.15, -0.1) is 0 Å². The largest absolute Gasteiger partial charge is 0.497 e. The summed E-state index contributed by atoms with van der Waals surface area (Å²) < 4.78 is 19.6. The zero-order chi connectivity index (χ0) is 18.3. The van der Waals surface area contributed by atoms with Crippen LogP contribution in [0.1, 0.15) is 22.5 Å². The van der Waals surface area contributed by atoms with E-state index in [9.17, 15) is 9.18 Å². The van der Waals surface area contributed by atoms with E-state index in [0.29, 0.717) is 29.1 Å². The van der Waals surface area contributed by atoms with Crippen LogP contribution in [0.2, 0.25) is 5.02 Å². The molecule has 0 aliphatic carbocycles. The van der Waals surface area contributed by atoms with Gasteiger partial charge in [0.1, 0.15) is 17.3 Å². The second-order valence-corrected chi connectivity index (χ2v) is 6.58. The van der Waals surface area contributed by atoms with E-state index < -0.39 is 5.82 Å². The van der Waals surface area contributed by atoms with E-state index in [0.717, 1.165) is 17.6 Å². The molecule has 2 heterocycles. The number of carbonyl (C=O) groups is 1. The molecule has 4 rings (SSSR count). The van der Waals surface area contributed by atoms with Crippen LogP contribution in [0.3, 0.4) is 0 Å². The third kappa shape index (κ3) is 2.78. The van der Waals surface area contributed by atoms with Gasteiger partial charge in [0.25, 0.3) is 5.91 Å². The number of amides is 1. The highest BCUT2D eigenvalue weighted by atomic mass is 35.5. The van der Waals surface area contributed by atoms with E-state index in [1.54, 1.807) is 25.3 Å². The van der Waals surface area contributed by atoms with Crippen molar-refractivity contribution in [2.45, 2.75) is 12.8 Å². The standard InChI is InChI=1S/C20H16ClFN2O2/c1-26-13-5-9-17-12(11-13)4-8-18(23-17)20(25)24-10-2-3-14-15(21)6-7-16(22)19(14)24/h4-9,11H,2-3,10H2,1H3. The first kappa shape index (κ1) is 16.8. The van der Waals surface area contributed by atoms with E-state index in [-0.39, 0.29) is 17.3 Å². The van der Waals surface area contributed by atoms with E-state index in [2.05, 4.69) is 4.98 Å². The molecule has 0 saturated heterocycles. The molecule has 0 atom stereocenters. The minimum Gasteiger partial charge on any atom is -0.497 e. The van der Waals surface area contributed by atoms with Gasteiger partial charge in [0.05, 0.1) is 18.3 Å². The lowest BCUT2D eigenvalue weighted by Crippen LogP contribution is -2.36. The molecule has 1 amide bonds. The Balaban J connectivity index is 1.75. The number of fused-ring (bicyclic) bond motifs is 2. The van der Waals surface area contributed by atoms with Crippen molar-refractivity contribution < 1.29 is 13.9 Å². The van der Waals surface area contributed by atoms with Gasteiger partial charge in [-0.2, -0.15) is 0 Å². The van der Waals surface area contributed by atoms with Crippen LogP contribution in [0.25, 0.3) is 10.9 Å². The second kappa shape index (κ2) is 6.57. The fourth-order valence-corrected chi connectivity index (χ4v) is 3.58. The summed E-state index contributed by atoms with van der Waals surface area (Å²) in [6.07, 6.45) is 1.38. The summed E-state index contributed by atoms with van der Waals surface area (Å²) >= 11 is 6.20. The molecule has 0 saturated carbocycles. The van der Waals surface area contributed by atoms with Crippen LogP contribution in [0, 0.1) is 5.82 Å². The van der Waals surface area contributed by atoms with Gasteiger partial charge < -0.3 is 9.64 Å². The Bertz CT molecular complexity index is 1020. The number of ether oxygens (including phenoxy) is 1. The fraction of sp³-hybridized carbons (Fsp3) is 0.200. The van der Waals surface area contributed by atoms with Crippen molar-refractivity contribution in [3.8, 4) is 5.75 Å². The van der Waals surface area contributed by atoms with Crippen molar-refractivity contribution in [2.75, 3.05) is 18.6 Å². The SMILES string of the molecule is COc1ccc2nc(C(=O)N3CCCc4c(Cl)ccc(F)c43)ccc2c1. The summed E-state index contributed by atoms with van der Waals surface area (Å²) in [6, 6.07) is 11.7. The first-order valence-electron chi connectivity index (χ1n) is 8.32. The molecule has 1 aliphatic heterocycles. The minimum atomic E-state index is -0.442. The lowest BCUT2D eigenvalue weighted by atomic mass is 10.0. The van der Waals surface area contributed by atoms with Gasteiger partial charge in [-0.25, -0.2) is 9.37 Å². The van der Waals surface area contributed by atoms with E-state index in [4.69, 9.17) is 16.3 Å². The molecular formula is C20H16ClFN2O2. The Kier molecular flexibility index (Phi) is 4.24. The number of halogens is 2. The van der Waals surface area contributed by atoms with Gasteiger partial charge in [-0.1, -0.05) is 17.7 Å². The van der Waals surface area contributed by atoms with Crippen molar-refractivity contribution in [1.29, 1.82) is 0 Å². The number of carbonyl (C=O) groups excluding carboxylic acids is 1. The maximum atomic E-state index is 14.4. The highest BCUT2D eigenvalue weighted by Crippen LogP contribution is 2.35. The summed E-state index contributed by atoms with van der Waals surface area (Å²) in [7, 11) is 1.60. The molecule has 0 bridgehead atoms. The van der Waals surface area contributed by atoms with Crippen LogP contribution in [-0.4, -0.2) is 24.5 Å². The maximum Gasteiger partial charge on any atom is 0.276 e. The highest BCUT2D eigenvalue weighted by molar-refractivity contribution is 6.32. The number of hydrogen-bond acceptors (Lipinski definition) is 3. The summed E-state index contributed by atoms with van der Waals surface area (Å²) in [5.74, 6) is -0.0483. The van der Waals surface area contributed by atoms with Gasteiger partial charge >= 0.3 is 0 Å². The molecular weight excluding hydrogens is 355 g/mol. The Morgan fingerprint density at radius 3 is 2.88 bits per heavy atom. The normalized spacial score (nSPS) is 13.6. The van der Waals surface area contributed by atoms with Gasteiger partial charge in [0, 0.05) is 17.0 Å². The maximum absolute atomic E-state index is 14.4. The molecule has 0 radical (unpaired) electrons. The van der Waals surface area contributed by atoms with Crippen LogP contribution in [0.5, 0.6) is 5.75 Å². The van der Waals surface area contributed by atoms with Crippen molar-refractivity contribution in [1.82, 2.24) is 4.98 Å². The fourth-order valence-electron chi connectivity index (χ4n) is 3.33. The number of hydrogen-bond donors (Lipinski definition) is 0. The van der Waals surface area contributed by atoms with Gasteiger partial charge in [0.15, 0.2) is 0 Å². The van der Waals surface area contributed by atoms with E-state index >= 15 is 0 Å². The summed E-state index contributed by atoms with van der Waals surface area (Å²) in [4.78, 5) is 18.9. The first-order chi connectivity index (χ1) is 12.6. The molecule has 1 aromatic heterocycles. The molecule has 3 aromatic rings. The lowest BCUT2D eigenvalue weighted by molar-refractivity contribution is 0.0979. The average Bonchev–Trinajstić information content (AvgIpc) is 2.69. The number of pyridine rings is 1. The van der Waals surface area contributed by atoms with Crippen LogP contribution in [-0.2, 0) is 6.42 Å². The molecule has 2 aromatic carbocycles. The average molecular weight is 371 g/mol. The van der Waals surface area contributed by atoms with Crippen LogP contribution in [0.4, 0.5) is 10.1 Å². The molecule has 26 heavy (non-hydrogen) atoms. The van der Waals surface area contributed by atoms with E-state index in [1.807, 2.05) is 12.1 Å². The first-order valence-corrected chi connectivity index (χ1v) is 8.70. The molecule has 132 valence electrons. The molecule has 0 N–H and O–H groups in total. The Hall–Kier alpha value is -2.66. The monoisotopic (exact) mass is 370 g/mol. The third-order valence-electron chi connectivity index (χ3n) is 4.62. The number of anilines is 1. The Labute approximate surface area is 155 Å². The zero-order valence-electron chi connectivity index (χ0n) is 14.1.